The summed E-state index contributed by atoms with van der Waals surface area (Å²) in [6, 6.07) is 1.81. The number of rotatable bonds is 1. The van der Waals surface area contributed by atoms with Crippen LogP contribution in [0, 0.1) is 5.92 Å². The molecule has 1 N–H and O–H groups in total. The highest BCUT2D eigenvalue weighted by Crippen LogP contribution is 2.47. The van der Waals surface area contributed by atoms with Crippen molar-refractivity contribution in [2.45, 2.75) is 31.3 Å². The Balaban J connectivity index is 1.91. The number of pyridine rings is 1. The zero-order chi connectivity index (χ0) is 12.8. The number of fused-ring (bicyclic) bond motifs is 2. The third kappa shape index (κ3) is 1.50. The van der Waals surface area contributed by atoms with Crippen LogP contribution in [0.25, 0.3) is 0 Å². The molecule has 94 valence electrons. The van der Waals surface area contributed by atoms with E-state index in [0.717, 1.165) is 5.56 Å². The largest absolute Gasteiger partial charge is 0.481 e. The van der Waals surface area contributed by atoms with E-state index in [-0.39, 0.29) is 11.9 Å². The summed E-state index contributed by atoms with van der Waals surface area (Å²) >= 11 is 0. The van der Waals surface area contributed by atoms with Gasteiger partial charge < -0.3 is 9.84 Å². The fourth-order valence-electron chi connectivity index (χ4n) is 2.94. The van der Waals surface area contributed by atoms with E-state index in [4.69, 9.17) is 9.84 Å². The maximum absolute atomic E-state index is 11.8. The topological polar surface area (TPSA) is 76.5 Å². The minimum Gasteiger partial charge on any atom is -0.481 e. The van der Waals surface area contributed by atoms with Gasteiger partial charge in [0.25, 0.3) is 0 Å². The number of aliphatic carboxylic acids is 1. The predicted octanol–water partition coefficient (Wildman–Crippen LogP) is 1.72. The summed E-state index contributed by atoms with van der Waals surface area (Å²) in [6.45, 7) is 0. The first-order chi connectivity index (χ1) is 8.62. The van der Waals surface area contributed by atoms with Crippen LogP contribution in [0.2, 0.25) is 0 Å². The number of carbonyl (C=O) groups is 2. The molecule has 0 radical (unpaired) electrons. The molecule has 0 atom stereocenters. The molecule has 0 amide bonds. The van der Waals surface area contributed by atoms with Gasteiger partial charge in [0.15, 0.2) is 0 Å². The number of carboxylic acid groups (broad SMARTS) is 1. The summed E-state index contributed by atoms with van der Waals surface area (Å²) in [7, 11) is 0. The lowest BCUT2D eigenvalue weighted by Gasteiger charge is -2.35. The molecule has 1 aliphatic carbocycles. The average molecular weight is 247 g/mol. The van der Waals surface area contributed by atoms with Crippen molar-refractivity contribution >= 4 is 11.9 Å². The van der Waals surface area contributed by atoms with Gasteiger partial charge in [0, 0.05) is 18.0 Å². The van der Waals surface area contributed by atoms with Gasteiger partial charge in [-0.2, -0.15) is 0 Å². The molecule has 1 fully saturated rings. The van der Waals surface area contributed by atoms with E-state index in [1.165, 1.54) is 6.20 Å². The average Bonchev–Trinajstić information content (AvgIpc) is 2.64. The molecule has 1 aromatic rings. The first-order valence-electron chi connectivity index (χ1n) is 6.03. The highest BCUT2D eigenvalue weighted by Gasteiger charge is 2.48. The van der Waals surface area contributed by atoms with Crippen LogP contribution in [0.1, 0.15) is 41.6 Å². The molecule has 5 heteroatoms. The molecule has 2 heterocycles. The minimum absolute atomic E-state index is 0.319. The molecule has 1 aliphatic heterocycles. The predicted molar refractivity (Wildman–Crippen MR) is 60.9 cm³/mol. The molecular formula is C13H13NO4. The molecule has 3 rings (SSSR count). The normalized spacial score (nSPS) is 30.0. The van der Waals surface area contributed by atoms with Crippen LogP contribution < -0.4 is 0 Å². The van der Waals surface area contributed by atoms with Gasteiger partial charge in [-0.25, -0.2) is 4.79 Å². The summed E-state index contributed by atoms with van der Waals surface area (Å²) in [5.41, 5.74) is 0.777. The van der Waals surface area contributed by atoms with Gasteiger partial charge in [-0.05, 0) is 31.7 Å². The van der Waals surface area contributed by atoms with Crippen molar-refractivity contribution in [2.24, 2.45) is 5.92 Å². The Morgan fingerprint density at radius 3 is 2.83 bits per heavy atom. The van der Waals surface area contributed by atoms with Crippen LogP contribution in [-0.4, -0.2) is 22.0 Å². The van der Waals surface area contributed by atoms with Crippen LogP contribution in [-0.2, 0) is 15.1 Å². The molecule has 0 saturated heterocycles. The molecule has 18 heavy (non-hydrogen) atoms. The standard InChI is InChI=1S/C13H13NO4/c15-11(16)8-1-4-13(5-2-8)10-3-6-14-7-9(10)12(17)18-13/h3,6-8H,1-2,4-5H2,(H,15,16). The number of esters is 1. The van der Waals surface area contributed by atoms with Crippen LogP contribution in [0.4, 0.5) is 0 Å². The molecule has 1 aromatic heterocycles. The summed E-state index contributed by atoms with van der Waals surface area (Å²) in [5, 5.41) is 9.00. The maximum atomic E-state index is 11.8. The molecule has 0 aromatic carbocycles. The second-order valence-electron chi connectivity index (χ2n) is 4.92. The minimum atomic E-state index is -0.760. The number of hydrogen-bond acceptors (Lipinski definition) is 4. The first-order valence-corrected chi connectivity index (χ1v) is 6.03. The summed E-state index contributed by atoms with van der Waals surface area (Å²) in [6.07, 6.45) is 5.41. The van der Waals surface area contributed by atoms with Crippen LogP contribution in [0.15, 0.2) is 18.5 Å². The second-order valence-corrected chi connectivity index (χ2v) is 4.92. The maximum Gasteiger partial charge on any atom is 0.341 e. The summed E-state index contributed by atoms with van der Waals surface area (Å²) in [5.74, 6) is -1.42. The molecule has 0 unspecified atom stereocenters. The molecule has 1 spiro atoms. The van der Waals surface area contributed by atoms with E-state index in [0.29, 0.717) is 31.2 Å². The molecule has 5 nitrogen and oxygen atoms in total. The van der Waals surface area contributed by atoms with Crippen LogP contribution in [0.5, 0.6) is 0 Å². The fourth-order valence-corrected chi connectivity index (χ4v) is 2.94. The Kier molecular flexibility index (Phi) is 2.36. The number of carbonyl (C=O) groups excluding carboxylic acids is 1. The third-order valence-electron chi connectivity index (χ3n) is 3.96. The van der Waals surface area contributed by atoms with Gasteiger partial charge in [0.2, 0.25) is 0 Å². The number of aromatic nitrogens is 1. The van der Waals surface area contributed by atoms with E-state index >= 15 is 0 Å². The van der Waals surface area contributed by atoms with E-state index in [1.807, 2.05) is 0 Å². The van der Waals surface area contributed by atoms with Crippen molar-refractivity contribution in [1.29, 1.82) is 0 Å². The van der Waals surface area contributed by atoms with Crippen molar-refractivity contribution < 1.29 is 19.4 Å². The monoisotopic (exact) mass is 247 g/mol. The highest BCUT2D eigenvalue weighted by atomic mass is 16.6. The van der Waals surface area contributed by atoms with E-state index < -0.39 is 11.6 Å². The molecule has 1 saturated carbocycles. The number of hydrogen-bond donors (Lipinski definition) is 1. The zero-order valence-corrected chi connectivity index (χ0v) is 9.76. The van der Waals surface area contributed by atoms with Gasteiger partial charge in [-0.15, -0.1) is 0 Å². The van der Waals surface area contributed by atoms with Crippen molar-refractivity contribution in [3.63, 3.8) is 0 Å². The highest BCUT2D eigenvalue weighted by molar-refractivity contribution is 5.94. The summed E-state index contributed by atoms with van der Waals surface area (Å²) in [4.78, 5) is 26.7. The Morgan fingerprint density at radius 1 is 1.44 bits per heavy atom. The van der Waals surface area contributed by atoms with Gasteiger partial charge in [-0.3, -0.25) is 9.78 Å². The van der Waals surface area contributed by atoms with E-state index in [1.54, 1.807) is 12.3 Å². The number of carboxylic acids is 1. The lowest BCUT2D eigenvalue weighted by molar-refractivity contribution is -0.144. The lowest BCUT2D eigenvalue weighted by atomic mass is 9.75. The van der Waals surface area contributed by atoms with Gasteiger partial charge in [-0.1, -0.05) is 0 Å². The van der Waals surface area contributed by atoms with E-state index in [2.05, 4.69) is 4.98 Å². The Bertz CT molecular complexity index is 517. The SMILES string of the molecule is O=C1OC2(CCC(C(=O)O)CC2)c2ccncc21. The van der Waals surface area contributed by atoms with Crippen molar-refractivity contribution in [2.75, 3.05) is 0 Å². The van der Waals surface area contributed by atoms with Crippen LogP contribution in [0.3, 0.4) is 0 Å². The van der Waals surface area contributed by atoms with Crippen molar-refractivity contribution in [3.05, 3.63) is 29.6 Å². The number of nitrogens with zero attached hydrogens (tertiary/aromatic N) is 1. The smallest absolute Gasteiger partial charge is 0.341 e. The lowest BCUT2D eigenvalue weighted by Crippen LogP contribution is -2.34. The van der Waals surface area contributed by atoms with Crippen molar-refractivity contribution in [1.82, 2.24) is 4.98 Å². The fraction of sp³-hybridized carbons (Fsp3) is 0.462. The first kappa shape index (κ1) is 11.2. The third-order valence-corrected chi connectivity index (χ3v) is 3.96. The Labute approximate surface area is 104 Å². The van der Waals surface area contributed by atoms with Gasteiger partial charge in [0.1, 0.15) is 5.60 Å². The molecular weight excluding hydrogens is 234 g/mol. The quantitative estimate of drug-likeness (QED) is 0.764. The second kappa shape index (κ2) is 3.80. The van der Waals surface area contributed by atoms with Gasteiger partial charge >= 0.3 is 11.9 Å². The van der Waals surface area contributed by atoms with Crippen molar-refractivity contribution in [3.8, 4) is 0 Å². The van der Waals surface area contributed by atoms with Crippen LogP contribution >= 0.6 is 0 Å². The zero-order valence-electron chi connectivity index (χ0n) is 9.76. The van der Waals surface area contributed by atoms with Gasteiger partial charge in [0.05, 0.1) is 11.5 Å². The Hall–Kier alpha value is -1.91. The summed E-state index contributed by atoms with van der Waals surface area (Å²) < 4.78 is 5.52. The molecule has 2 aliphatic rings. The van der Waals surface area contributed by atoms with E-state index in [9.17, 15) is 9.59 Å². The Morgan fingerprint density at radius 2 is 2.17 bits per heavy atom. The molecule has 0 bridgehead atoms. The number of ether oxygens (including phenoxy) is 1.